The van der Waals surface area contributed by atoms with Crippen molar-refractivity contribution in [1.82, 2.24) is 0 Å². The Morgan fingerprint density at radius 1 is 0.941 bits per heavy atom. The molecule has 1 atom stereocenters. The average molecular weight is 452 g/mol. The molecule has 1 aromatic heterocycles. The number of rotatable bonds is 3. The quantitative estimate of drug-likeness (QED) is 0.309. The minimum Gasteiger partial charge on any atom is -0.496 e. The van der Waals surface area contributed by atoms with Crippen LogP contribution in [-0.4, -0.2) is 19.7 Å². The van der Waals surface area contributed by atoms with Gasteiger partial charge in [-0.25, -0.2) is 0 Å². The summed E-state index contributed by atoms with van der Waals surface area (Å²) in [5.41, 5.74) is 3.41. The Hall–Kier alpha value is -4.32. The number of fused-ring (bicyclic) bond motifs is 4. The minimum atomic E-state index is -0.368. The van der Waals surface area contributed by atoms with E-state index in [1.807, 2.05) is 60.7 Å². The number of ether oxygens (including phenoxy) is 3. The van der Waals surface area contributed by atoms with Crippen molar-refractivity contribution in [3.63, 3.8) is 0 Å². The van der Waals surface area contributed by atoms with Crippen molar-refractivity contribution in [2.75, 3.05) is 13.7 Å². The molecule has 0 aliphatic carbocycles. The van der Waals surface area contributed by atoms with Crippen molar-refractivity contribution in [2.45, 2.75) is 12.3 Å². The Morgan fingerprint density at radius 2 is 1.74 bits per heavy atom. The topological polar surface area (TPSA) is 75.0 Å². The molecule has 4 aromatic rings. The maximum absolute atomic E-state index is 13.3. The number of methoxy groups -OCH3 is 1. The molecule has 6 nitrogen and oxygen atoms in total. The van der Waals surface area contributed by atoms with Gasteiger partial charge in [-0.1, -0.05) is 48.5 Å². The Bertz CT molecular complexity index is 1530. The monoisotopic (exact) mass is 452 g/mol. The summed E-state index contributed by atoms with van der Waals surface area (Å²) in [6, 6.07) is 20.2. The van der Waals surface area contributed by atoms with Gasteiger partial charge in [0.25, 0.3) is 0 Å². The Balaban J connectivity index is 1.62. The van der Waals surface area contributed by atoms with E-state index < -0.39 is 0 Å². The second-order valence-electron chi connectivity index (χ2n) is 8.31. The van der Waals surface area contributed by atoms with E-state index >= 15 is 0 Å². The number of para-hydroxylation sites is 1. The van der Waals surface area contributed by atoms with Crippen LogP contribution in [0.15, 0.2) is 81.5 Å². The van der Waals surface area contributed by atoms with Gasteiger partial charge in [0.15, 0.2) is 5.43 Å². The first-order valence-electron chi connectivity index (χ1n) is 11.0. The van der Waals surface area contributed by atoms with Crippen molar-refractivity contribution >= 4 is 23.0 Å². The third-order valence-electron chi connectivity index (χ3n) is 6.29. The van der Waals surface area contributed by atoms with Crippen molar-refractivity contribution in [3.05, 3.63) is 93.7 Å². The van der Waals surface area contributed by atoms with Crippen LogP contribution in [0.3, 0.4) is 0 Å². The van der Waals surface area contributed by atoms with Gasteiger partial charge >= 0.3 is 5.97 Å². The molecule has 34 heavy (non-hydrogen) atoms. The summed E-state index contributed by atoms with van der Waals surface area (Å²) in [5.74, 6) is 1.13. The normalized spacial score (nSPS) is 16.7. The summed E-state index contributed by atoms with van der Waals surface area (Å²) in [4.78, 5) is 25.9. The third kappa shape index (κ3) is 3.27. The molecule has 0 saturated carbocycles. The molecule has 0 amide bonds. The van der Waals surface area contributed by atoms with Crippen LogP contribution in [0.1, 0.15) is 23.5 Å². The Kier molecular flexibility index (Phi) is 4.73. The number of benzene rings is 3. The SMILES string of the molecule is COc1cc2c(c3oc(-c4ccccc4)cc(=O)c13)[C@H](C1=Cc3ccccc3OC1)CC(=O)O2. The highest BCUT2D eigenvalue weighted by atomic mass is 16.5. The predicted molar refractivity (Wildman–Crippen MR) is 127 cm³/mol. The van der Waals surface area contributed by atoms with Gasteiger partial charge in [0.1, 0.15) is 40.6 Å². The molecule has 3 aromatic carbocycles. The zero-order valence-corrected chi connectivity index (χ0v) is 18.4. The number of esters is 1. The van der Waals surface area contributed by atoms with Gasteiger partial charge in [-0.2, -0.15) is 0 Å². The summed E-state index contributed by atoms with van der Waals surface area (Å²) in [7, 11) is 1.47. The molecule has 3 heterocycles. The average Bonchev–Trinajstić information content (AvgIpc) is 2.87. The lowest BCUT2D eigenvalue weighted by atomic mass is 9.83. The van der Waals surface area contributed by atoms with Crippen LogP contribution in [0.2, 0.25) is 0 Å². The maximum atomic E-state index is 13.3. The molecule has 0 radical (unpaired) electrons. The molecule has 2 aliphatic heterocycles. The Morgan fingerprint density at radius 3 is 2.56 bits per heavy atom. The van der Waals surface area contributed by atoms with E-state index in [-0.39, 0.29) is 23.7 Å². The zero-order valence-electron chi connectivity index (χ0n) is 18.4. The zero-order chi connectivity index (χ0) is 23.2. The second-order valence-corrected chi connectivity index (χ2v) is 8.31. The molecule has 0 fully saturated rings. The van der Waals surface area contributed by atoms with E-state index in [1.54, 1.807) is 6.07 Å². The number of hydrogen-bond donors (Lipinski definition) is 0. The molecule has 0 spiro atoms. The van der Waals surface area contributed by atoms with Crippen LogP contribution in [0.25, 0.3) is 28.4 Å². The molecule has 2 aliphatic rings. The molecule has 6 rings (SSSR count). The molecular weight excluding hydrogens is 432 g/mol. The lowest BCUT2D eigenvalue weighted by molar-refractivity contribution is -0.135. The van der Waals surface area contributed by atoms with Crippen LogP contribution in [-0.2, 0) is 4.79 Å². The van der Waals surface area contributed by atoms with Gasteiger partial charge in [-0.3, -0.25) is 9.59 Å². The molecule has 0 bridgehead atoms. The van der Waals surface area contributed by atoms with E-state index in [1.165, 1.54) is 13.2 Å². The van der Waals surface area contributed by atoms with E-state index in [9.17, 15) is 9.59 Å². The number of hydrogen-bond acceptors (Lipinski definition) is 6. The highest BCUT2D eigenvalue weighted by Crippen LogP contribution is 2.47. The largest absolute Gasteiger partial charge is 0.496 e. The number of carbonyl (C=O) groups excluding carboxylic acids is 1. The number of carbonyl (C=O) groups is 1. The summed E-state index contributed by atoms with van der Waals surface area (Å²) < 4.78 is 23.4. The highest BCUT2D eigenvalue weighted by Gasteiger charge is 2.36. The molecule has 0 saturated heterocycles. The third-order valence-corrected chi connectivity index (χ3v) is 6.29. The first kappa shape index (κ1) is 20.3. The fourth-order valence-corrected chi connectivity index (χ4v) is 4.70. The fraction of sp³-hybridized carbons (Fsp3) is 0.143. The minimum absolute atomic E-state index is 0.116. The van der Waals surface area contributed by atoms with Crippen LogP contribution in [0, 0.1) is 0 Å². The van der Waals surface area contributed by atoms with Crippen LogP contribution < -0.4 is 19.6 Å². The molecule has 0 unspecified atom stereocenters. The lowest BCUT2D eigenvalue weighted by Crippen LogP contribution is -2.25. The van der Waals surface area contributed by atoms with Crippen LogP contribution >= 0.6 is 0 Å². The first-order chi connectivity index (χ1) is 16.6. The molecule has 0 N–H and O–H groups in total. The predicted octanol–water partition coefficient (Wildman–Crippen LogP) is 5.34. The van der Waals surface area contributed by atoms with Crippen molar-refractivity contribution in [3.8, 4) is 28.6 Å². The van der Waals surface area contributed by atoms with Gasteiger partial charge in [-0.05, 0) is 17.7 Å². The van der Waals surface area contributed by atoms with E-state index in [4.69, 9.17) is 18.6 Å². The molecular formula is C28H20O6. The van der Waals surface area contributed by atoms with Crippen LogP contribution in [0.4, 0.5) is 0 Å². The molecule has 6 heteroatoms. The second kappa shape index (κ2) is 7.92. The summed E-state index contributed by atoms with van der Waals surface area (Å²) in [6.07, 6.45) is 2.16. The van der Waals surface area contributed by atoms with Gasteiger partial charge in [0.05, 0.1) is 13.5 Å². The van der Waals surface area contributed by atoms with Crippen LogP contribution in [0.5, 0.6) is 17.2 Å². The lowest BCUT2D eigenvalue weighted by Gasteiger charge is -2.29. The van der Waals surface area contributed by atoms with Crippen molar-refractivity contribution in [1.29, 1.82) is 0 Å². The smallest absolute Gasteiger partial charge is 0.312 e. The van der Waals surface area contributed by atoms with Gasteiger partial charge in [-0.15, -0.1) is 0 Å². The first-order valence-corrected chi connectivity index (χ1v) is 11.0. The maximum Gasteiger partial charge on any atom is 0.312 e. The highest BCUT2D eigenvalue weighted by molar-refractivity contribution is 5.93. The van der Waals surface area contributed by atoms with Gasteiger partial charge < -0.3 is 18.6 Å². The van der Waals surface area contributed by atoms with Gasteiger partial charge in [0.2, 0.25) is 0 Å². The fourth-order valence-electron chi connectivity index (χ4n) is 4.70. The van der Waals surface area contributed by atoms with E-state index in [0.717, 1.165) is 22.4 Å². The summed E-state index contributed by atoms with van der Waals surface area (Å²) in [6.45, 7) is 0.324. The summed E-state index contributed by atoms with van der Waals surface area (Å²) in [5, 5.41) is 0.321. The van der Waals surface area contributed by atoms with Crippen molar-refractivity contribution < 1.29 is 23.4 Å². The van der Waals surface area contributed by atoms with Crippen molar-refractivity contribution in [2.24, 2.45) is 0 Å². The van der Waals surface area contributed by atoms with Gasteiger partial charge in [0, 0.05) is 34.7 Å². The Labute approximate surface area is 195 Å². The standard InChI is InChI=1S/C28H20O6/c1-31-23-14-24-26(28-27(23)20(29)13-22(34-28)16-7-3-2-4-8-16)19(12-25(30)33-24)18-11-17-9-5-6-10-21(17)32-15-18/h2-11,13-14,19H,12,15H2,1H3/t19-/m0/s1. The summed E-state index contributed by atoms with van der Waals surface area (Å²) >= 11 is 0. The molecule has 168 valence electrons. The van der Waals surface area contributed by atoms with E-state index in [2.05, 4.69) is 0 Å². The van der Waals surface area contributed by atoms with E-state index in [0.29, 0.717) is 40.4 Å².